The van der Waals surface area contributed by atoms with Gasteiger partial charge in [-0.05, 0) is 6.42 Å². The number of carboxylic acid groups (broad SMARTS) is 1. The molecule has 0 radical (unpaired) electrons. The molecule has 1 atom stereocenters. The summed E-state index contributed by atoms with van der Waals surface area (Å²) >= 11 is 1.14. The van der Waals surface area contributed by atoms with Crippen LogP contribution in [0.5, 0.6) is 0 Å². The fourth-order valence-electron chi connectivity index (χ4n) is 1.34. The molecule has 110 valence electrons. The van der Waals surface area contributed by atoms with E-state index in [1.54, 1.807) is 5.38 Å². The van der Waals surface area contributed by atoms with Crippen molar-refractivity contribution >= 4 is 34.3 Å². The van der Waals surface area contributed by atoms with E-state index in [0.29, 0.717) is 10.8 Å². The van der Waals surface area contributed by atoms with E-state index in [1.807, 2.05) is 0 Å². The summed E-state index contributed by atoms with van der Waals surface area (Å²) < 4.78 is 4.44. The summed E-state index contributed by atoms with van der Waals surface area (Å²) in [5.41, 5.74) is 5.87. The van der Waals surface area contributed by atoms with E-state index in [-0.39, 0.29) is 25.2 Å². The van der Waals surface area contributed by atoms with Gasteiger partial charge in [0.25, 0.3) is 0 Å². The number of aromatic nitrogens is 1. The maximum absolute atomic E-state index is 11.6. The highest BCUT2D eigenvalue weighted by Crippen LogP contribution is 2.16. The van der Waals surface area contributed by atoms with Crippen LogP contribution in [0.15, 0.2) is 5.38 Å². The summed E-state index contributed by atoms with van der Waals surface area (Å²) in [5, 5.41) is 13.0. The van der Waals surface area contributed by atoms with Crippen molar-refractivity contribution in [3.05, 3.63) is 11.1 Å². The van der Waals surface area contributed by atoms with Crippen molar-refractivity contribution in [2.45, 2.75) is 25.3 Å². The summed E-state index contributed by atoms with van der Waals surface area (Å²) in [6.45, 7) is 0. The number of carboxylic acids is 1. The van der Waals surface area contributed by atoms with E-state index in [9.17, 15) is 14.4 Å². The molecule has 0 saturated carbocycles. The van der Waals surface area contributed by atoms with Crippen LogP contribution in [0.2, 0.25) is 0 Å². The first kappa shape index (κ1) is 16.1. The van der Waals surface area contributed by atoms with Crippen LogP contribution in [0.1, 0.15) is 18.5 Å². The zero-order valence-corrected chi connectivity index (χ0v) is 11.6. The number of nitrogens with zero attached hydrogens (tertiary/aromatic N) is 1. The van der Waals surface area contributed by atoms with Crippen LogP contribution in [-0.4, -0.2) is 41.1 Å². The first-order chi connectivity index (χ1) is 9.42. The smallest absolute Gasteiger partial charge is 0.322 e. The summed E-state index contributed by atoms with van der Waals surface area (Å²) in [7, 11) is 1.22. The number of methoxy groups -OCH3 is 1. The molecule has 0 aliphatic heterocycles. The number of esters is 1. The highest BCUT2D eigenvalue weighted by Gasteiger charge is 2.16. The number of hydrogen-bond donors (Lipinski definition) is 3. The lowest BCUT2D eigenvalue weighted by atomic mass is 10.1. The van der Waals surface area contributed by atoms with Crippen molar-refractivity contribution < 1.29 is 24.2 Å². The SMILES string of the molecule is COC(=O)[C@@H](N)CCC(=O)Nc1nc(CC(=O)O)cs1. The third kappa shape index (κ3) is 5.33. The maximum atomic E-state index is 11.6. The molecule has 1 amide bonds. The molecule has 1 heterocycles. The molecule has 0 fully saturated rings. The summed E-state index contributed by atoms with van der Waals surface area (Å²) in [6.07, 6.45) is 0.00948. The molecule has 0 spiro atoms. The van der Waals surface area contributed by atoms with Gasteiger partial charge >= 0.3 is 11.9 Å². The quantitative estimate of drug-likeness (QED) is 0.603. The highest BCUT2D eigenvalue weighted by atomic mass is 32.1. The maximum Gasteiger partial charge on any atom is 0.322 e. The van der Waals surface area contributed by atoms with Crippen molar-refractivity contribution in [1.29, 1.82) is 0 Å². The van der Waals surface area contributed by atoms with Crippen molar-refractivity contribution in [1.82, 2.24) is 4.98 Å². The number of ether oxygens (including phenoxy) is 1. The Labute approximate surface area is 118 Å². The van der Waals surface area contributed by atoms with Gasteiger partial charge in [-0.3, -0.25) is 14.4 Å². The fourth-order valence-corrected chi connectivity index (χ4v) is 2.06. The van der Waals surface area contributed by atoms with Crippen LogP contribution < -0.4 is 11.1 Å². The third-order valence-corrected chi connectivity index (χ3v) is 3.12. The van der Waals surface area contributed by atoms with E-state index in [1.165, 1.54) is 7.11 Å². The van der Waals surface area contributed by atoms with Crippen LogP contribution in [0.4, 0.5) is 5.13 Å². The number of carbonyl (C=O) groups is 3. The van der Waals surface area contributed by atoms with Crippen LogP contribution in [0.3, 0.4) is 0 Å². The van der Waals surface area contributed by atoms with Gasteiger partial charge in [-0.25, -0.2) is 4.98 Å². The predicted octanol–water partition coefficient (Wildman–Crippen LogP) is -0.0108. The standard InChI is InChI=1S/C11H15N3O5S/c1-19-10(18)7(12)2-3-8(15)14-11-13-6(5-20-11)4-9(16)17/h5,7H,2-4,12H2,1H3,(H,16,17)(H,13,14,15)/t7-/m0/s1. The Bertz CT molecular complexity index is 502. The zero-order chi connectivity index (χ0) is 15.1. The summed E-state index contributed by atoms with van der Waals surface area (Å²) in [6, 6.07) is -0.843. The van der Waals surface area contributed by atoms with Crippen LogP contribution >= 0.6 is 11.3 Å². The van der Waals surface area contributed by atoms with Gasteiger partial charge in [-0.2, -0.15) is 0 Å². The molecular formula is C11H15N3O5S. The van der Waals surface area contributed by atoms with Gasteiger partial charge in [0.05, 0.1) is 19.2 Å². The van der Waals surface area contributed by atoms with Gasteiger partial charge in [-0.15, -0.1) is 11.3 Å². The number of anilines is 1. The van der Waals surface area contributed by atoms with Crippen LogP contribution in [-0.2, 0) is 25.5 Å². The van der Waals surface area contributed by atoms with Crippen molar-refractivity contribution in [2.75, 3.05) is 12.4 Å². The summed E-state index contributed by atoms with van der Waals surface area (Å²) in [4.78, 5) is 37.1. The van der Waals surface area contributed by atoms with Gasteiger partial charge in [-0.1, -0.05) is 0 Å². The minimum absolute atomic E-state index is 0.0457. The number of nitrogens with one attached hydrogen (secondary N) is 1. The Morgan fingerprint density at radius 1 is 1.55 bits per heavy atom. The molecule has 0 unspecified atom stereocenters. The van der Waals surface area contributed by atoms with E-state index < -0.39 is 18.0 Å². The minimum Gasteiger partial charge on any atom is -0.481 e. The largest absolute Gasteiger partial charge is 0.481 e. The third-order valence-electron chi connectivity index (χ3n) is 2.32. The zero-order valence-electron chi connectivity index (χ0n) is 10.8. The number of rotatable bonds is 7. The van der Waals surface area contributed by atoms with Crippen molar-refractivity contribution in [2.24, 2.45) is 5.73 Å². The topological polar surface area (TPSA) is 132 Å². The van der Waals surface area contributed by atoms with Crippen molar-refractivity contribution in [3.8, 4) is 0 Å². The molecule has 0 aliphatic carbocycles. The number of nitrogens with two attached hydrogens (primary N) is 1. The Kier molecular flexibility index (Phi) is 6.07. The number of aliphatic carboxylic acids is 1. The van der Waals surface area contributed by atoms with Crippen molar-refractivity contribution in [3.63, 3.8) is 0 Å². The van der Waals surface area contributed by atoms with Gasteiger partial charge in [0, 0.05) is 11.8 Å². The first-order valence-corrected chi connectivity index (χ1v) is 6.59. The lowest BCUT2D eigenvalue weighted by Crippen LogP contribution is -2.32. The lowest BCUT2D eigenvalue weighted by Gasteiger charge is -2.08. The Hall–Kier alpha value is -2.00. The van der Waals surface area contributed by atoms with Crippen LogP contribution in [0, 0.1) is 0 Å². The van der Waals surface area contributed by atoms with Gasteiger partial charge in [0.2, 0.25) is 5.91 Å². The minimum atomic E-state index is -0.989. The molecule has 1 rings (SSSR count). The molecule has 0 aromatic carbocycles. The lowest BCUT2D eigenvalue weighted by molar-refractivity contribution is -0.142. The number of hydrogen-bond acceptors (Lipinski definition) is 7. The first-order valence-electron chi connectivity index (χ1n) is 5.71. The van der Waals surface area contributed by atoms with Gasteiger partial charge in [0.1, 0.15) is 6.04 Å². The second-order valence-corrected chi connectivity index (χ2v) is 4.79. The summed E-state index contributed by atoms with van der Waals surface area (Å²) in [5.74, 6) is -1.91. The molecule has 20 heavy (non-hydrogen) atoms. The fraction of sp³-hybridized carbons (Fsp3) is 0.455. The monoisotopic (exact) mass is 301 g/mol. The number of thiazole rings is 1. The highest BCUT2D eigenvalue weighted by molar-refractivity contribution is 7.13. The number of carbonyl (C=O) groups excluding carboxylic acids is 2. The van der Waals surface area contributed by atoms with Gasteiger partial charge in [0.15, 0.2) is 5.13 Å². The molecule has 0 bridgehead atoms. The van der Waals surface area contributed by atoms with Gasteiger partial charge < -0.3 is 20.9 Å². The second kappa shape index (κ2) is 7.56. The number of amides is 1. The predicted molar refractivity (Wildman–Crippen MR) is 71.3 cm³/mol. The second-order valence-electron chi connectivity index (χ2n) is 3.93. The molecule has 1 aromatic heterocycles. The Morgan fingerprint density at radius 3 is 2.85 bits per heavy atom. The van der Waals surface area contributed by atoms with Crippen LogP contribution in [0.25, 0.3) is 0 Å². The average molecular weight is 301 g/mol. The van der Waals surface area contributed by atoms with E-state index in [2.05, 4.69) is 15.0 Å². The molecule has 8 nitrogen and oxygen atoms in total. The molecule has 0 aliphatic rings. The molecule has 1 aromatic rings. The Morgan fingerprint density at radius 2 is 2.25 bits per heavy atom. The van der Waals surface area contributed by atoms with E-state index in [0.717, 1.165) is 11.3 Å². The van der Waals surface area contributed by atoms with E-state index in [4.69, 9.17) is 10.8 Å². The van der Waals surface area contributed by atoms with E-state index >= 15 is 0 Å². The molecule has 4 N–H and O–H groups in total. The molecule has 0 saturated heterocycles. The molecular weight excluding hydrogens is 286 g/mol. The Balaban J connectivity index is 2.40. The average Bonchev–Trinajstić information content (AvgIpc) is 2.81. The normalized spacial score (nSPS) is 11.7. The molecule has 9 heteroatoms.